The van der Waals surface area contributed by atoms with E-state index < -0.39 is 23.5 Å². The molecule has 7 heteroatoms. The van der Waals surface area contributed by atoms with E-state index in [-0.39, 0.29) is 17.5 Å². The summed E-state index contributed by atoms with van der Waals surface area (Å²) in [7, 11) is 0. The smallest absolute Gasteiger partial charge is 0.395 e. The van der Waals surface area contributed by atoms with E-state index in [1.807, 2.05) is 6.92 Å². The Labute approximate surface area is 160 Å². The van der Waals surface area contributed by atoms with Gasteiger partial charge in [-0.15, -0.1) is 0 Å². The highest BCUT2D eigenvalue weighted by atomic mass is 35.5. The monoisotopic (exact) mass is 400 g/mol. The van der Waals surface area contributed by atoms with Gasteiger partial charge in [-0.25, -0.2) is 9.18 Å². The van der Waals surface area contributed by atoms with Crippen LogP contribution in [0.2, 0.25) is 0 Å². The molecule has 0 radical (unpaired) electrons. The summed E-state index contributed by atoms with van der Waals surface area (Å²) < 4.78 is 45.6. The zero-order valence-corrected chi connectivity index (χ0v) is 15.6. The minimum absolute atomic E-state index is 0.134. The number of carbonyl (C=O) groups is 2. The Morgan fingerprint density at radius 3 is 2.22 bits per heavy atom. The summed E-state index contributed by atoms with van der Waals surface area (Å²) in [4.78, 5) is 23.2. The Morgan fingerprint density at radius 2 is 1.63 bits per heavy atom. The molecular formula is C20H20ClF3O3. The second-order valence-electron chi connectivity index (χ2n) is 6.32. The molecule has 1 atom stereocenters. The zero-order chi connectivity index (χ0) is 20.0. The van der Waals surface area contributed by atoms with Crippen LogP contribution < -0.4 is 0 Å². The van der Waals surface area contributed by atoms with Gasteiger partial charge in [0.25, 0.3) is 5.24 Å². The molecule has 2 rings (SSSR count). The van der Waals surface area contributed by atoms with Crippen LogP contribution in [0.5, 0.6) is 0 Å². The van der Waals surface area contributed by atoms with Crippen LogP contribution >= 0.6 is 11.6 Å². The summed E-state index contributed by atoms with van der Waals surface area (Å²) in [6.07, 6.45) is -4.40. The van der Waals surface area contributed by atoms with E-state index in [1.54, 1.807) is 0 Å². The second-order valence-corrected chi connectivity index (χ2v) is 6.66. The molecule has 0 bridgehead atoms. The number of rotatable bonds is 9. The molecule has 0 N–H and O–H groups in total. The minimum atomic E-state index is -4.19. The van der Waals surface area contributed by atoms with E-state index in [9.17, 15) is 22.8 Å². The summed E-state index contributed by atoms with van der Waals surface area (Å²) in [5.41, 5.74) is 0.139. The first kappa shape index (κ1) is 21.2. The normalized spacial score (nSPS) is 12.8. The van der Waals surface area contributed by atoms with Crippen LogP contribution in [0.25, 0.3) is 10.8 Å². The first-order valence-electron chi connectivity index (χ1n) is 8.73. The van der Waals surface area contributed by atoms with Crippen molar-refractivity contribution in [2.75, 3.05) is 0 Å². The zero-order valence-electron chi connectivity index (χ0n) is 14.8. The van der Waals surface area contributed by atoms with Gasteiger partial charge in [-0.2, -0.15) is 8.78 Å². The van der Waals surface area contributed by atoms with Crippen LogP contribution in [0.15, 0.2) is 36.4 Å². The quantitative estimate of drug-likeness (QED) is 0.283. The van der Waals surface area contributed by atoms with Gasteiger partial charge >= 0.3 is 12.1 Å². The van der Waals surface area contributed by atoms with E-state index in [4.69, 9.17) is 11.6 Å². The lowest BCUT2D eigenvalue weighted by atomic mass is 10.0. The predicted octanol–water partition coefficient (Wildman–Crippen LogP) is 6.28. The van der Waals surface area contributed by atoms with Gasteiger partial charge in [0.15, 0.2) is 0 Å². The Morgan fingerprint density at radius 1 is 1.04 bits per heavy atom. The summed E-state index contributed by atoms with van der Waals surface area (Å²) in [5, 5.41) is 0.503. The van der Waals surface area contributed by atoms with E-state index in [0.29, 0.717) is 23.6 Å². The van der Waals surface area contributed by atoms with Crippen molar-refractivity contribution in [3.63, 3.8) is 0 Å². The summed E-state index contributed by atoms with van der Waals surface area (Å²) in [6, 6.07) is 8.59. The first-order chi connectivity index (χ1) is 12.7. The van der Waals surface area contributed by atoms with Crippen molar-refractivity contribution in [3.8, 4) is 0 Å². The Balaban J connectivity index is 2.07. The molecule has 0 fully saturated rings. The van der Waals surface area contributed by atoms with Crippen LogP contribution in [0.1, 0.15) is 59.7 Å². The number of hydrogen-bond acceptors (Lipinski definition) is 3. The molecular weight excluding hydrogens is 381 g/mol. The Bertz CT molecular complexity index is 823. The van der Waals surface area contributed by atoms with Crippen molar-refractivity contribution in [2.24, 2.45) is 0 Å². The van der Waals surface area contributed by atoms with Crippen molar-refractivity contribution in [3.05, 3.63) is 47.5 Å². The fourth-order valence-electron chi connectivity index (χ4n) is 2.66. The highest BCUT2D eigenvalue weighted by Crippen LogP contribution is 2.29. The van der Waals surface area contributed by atoms with Gasteiger partial charge in [0.05, 0.1) is 5.56 Å². The third kappa shape index (κ3) is 5.70. The van der Waals surface area contributed by atoms with E-state index in [1.165, 1.54) is 36.4 Å². The molecule has 0 saturated carbocycles. The molecule has 27 heavy (non-hydrogen) atoms. The lowest BCUT2D eigenvalue weighted by Crippen LogP contribution is -2.35. The van der Waals surface area contributed by atoms with Crippen molar-refractivity contribution >= 4 is 33.6 Å². The van der Waals surface area contributed by atoms with Crippen LogP contribution in [0, 0.1) is 0 Å². The van der Waals surface area contributed by atoms with Gasteiger partial charge < -0.3 is 4.74 Å². The molecule has 0 spiro atoms. The molecule has 0 aliphatic heterocycles. The summed E-state index contributed by atoms with van der Waals surface area (Å²) in [6.45, 7) is 1.96. The number of hydrogen-bond donors (Lipinski definition) is 0. The molecule has 2 aromatic carbocycles. The van der Waals surface area contributed by atoms with Crippen molar-refractivity contribution in [1.82, 2.24) is 0 Å². The number of alkyl halides is 3. The largest absolute Gasteiger partial charge is 0.432 e. The number of esters is 1. The summed E-state index contributed by atoms with van der Waals surface area (Å²) >= 11 is 5.41. The van der Waals surface area contributed by atoms with Crippen LogP contribution in [0.3, 0.4) is 0 Å². The maximum atomic E-state index is 13.8. The molecule has 0 heterocycles. The van der Waals surface area contributed by atoms with Gasteiger partial charge in [0, 0.05) is 5.56 Å². The number of fused-ring (bicyclic) bond motifs is 1. The molecule has 0 aromatic heterocycles. The van der Waals surface area contributed by atoms with Gasteiger partial charge in [-0.1, -0.05) is 44.7 Å². The molecule has 0 saturated heterocycles. The first-order valence-corrected chi connectivity index (χ1v) is 9.11. The molecule has 0 aliphatic carbocycles. The lowest BCUT2D eigenvalue weighted by molar-refractivity contribution is -0.240. The van der Waals surface area contributed by atoms with Crippen LogP contribution in [-0.2, 0) is 4.74 Å². The number of halogens is 4. The van der Waals surface area contributed by atoms with E-state index in [2.05, 4.69) is 4.74 Å². The second kappa shape index (κ2) is 9.22. The fourth-order valence-corrected chi connectivity index (χ4v) is 2.78. The number of benzene rings is 2. The standard InChI is InChI=1S/C20H20ClF3O3/c1-2-3-4-5-6-17(22)20(23,24)27-19(26)16-10-8-13-11-15(18(21)25)9-7-14(13)12-16/h7-12,17H,2-6H2,1H3. The predicted molar refractivity (Wildman–Crippen MR) is 98.1 cm³/mol. The molecule has 2 aromatic rings. The van der Waals surface area contributed by atoms with Gasteiger partial charge in [0.1, 0.15) is 0 Å². The number of carbonyl (C=O) groups excluding carboxylic acids is 2. The van der Waals surface area contributed by atoms with Gasteiger partial charge in [-0.3, -0.25) is 4.79 Å². The third-order valence-electron chi connectivity index (χ3n) is 4.21. The van der Waals surface area contributed by atoms with Crippen LogP contribution in [-0.4, -0.2) is 23.5 Å². The van der Waals surface area contributed by atoms with Crippen LogP contribution in [0.4, 0.5) is 13.2 Å². The van der Waals surface area contributed by atoms with E-state index in [0.717, 1.165) is 12.8 Å². The SMILES string of the molecule is CCCCCCC(F)C(F)(F)OC(=O)c1ccc2cc(C(=O)Cl)ccc2c1. The average molecular weight is 401 g/mol. The topological polar surface area (TPSA) is 43.4 Å². The number of unbranched alkanes of at least 4 members (excludes halogenated alkanes) is 3. The summed E-state index contributed by atoms with van der Waals surface area (Å²) in [5.74, 6) is -1.31. The molecule has 0 aliphatic rings. The van der Waals surface area contributed by atoms with Gasteiger partial charge in [0.2, 0.25) is 6.17 Å². The van der Waals surface area contributed by atoms with E-state index >= 15 is 0 Å². The number of ether oxygens (including phenoxy) is 1. The highest BCUT2D eigenvalue weighted by molar-refractivity contribution is 6.67. The molecule has 146 valence electrons. The maximum Gasteiger partial charge on any atom is 0.432 e. The Hall–Kier alpha value is -2.08. The van der Waals surface area contributed by atoms with Crippen molar-refractivity contribution < 1.29 is 27.5 Å². The minimum Gasteiger partial charge on any atom is -0.395 e. The Kier molecular flexibility index (Phi) is 7.25. The molecule has 1 unspecified atom stereocenters. The molecule has 3 nitrogen and oxygen atoms in total. The fraction of sp³-hybridized carbons (Fsp3) is 0.400. The highest BCUT2D eigenvalue weighted by Gasteiger charge is 2.44. The van der Waals surface area contributed by atoms with Crippen molar-refractivity contribution in [1.29, 1.82) is 0 Å². The lowest BCUT2D eigenvalue weighted by Gasteiger charge is -2.20. The third-order valence-corrected chi connectivity index (χ3v) is 4.43. The maximum absolute atomic E-state index is 13.8. The van der Waals surface area contributed by atoms with Gasteiger partial charge in [-0.05, 0) is 53.1 Å². The molecule has 0 amide bonds. The average Bonchev–Trinajstić information content (AvgIpc) is 2.63. The van der Waals surface area contributed by atoms with Crippen molar-refractivity contribution in [2.45, 2.75) is 51.3 Å².